The summed E-state index contributed by atoms with van der Waals surface area (Å²) in [4.78, 5) is 13.6. The fourth-order valence-electron chi connectivity index (χ4n) is 2.46. The third-order valence-electron chi connectivity index (χ3n) is 3.42. The van der Waals surface area contributed by atoms with Crippen LogP contribution in [0.25, 0.3) is 28.0 Å². The minimum atomic E-state index is -0.266. The molecule has 2 aromatic heterocycles. The number of hydrogen-bond donors (Lipinski definition) is 0. The molecule has 0 spiro atoms. The molecule has 0 saturated heterocycles. The van der Waals surface area contributed by atoms with E-state index >= 15 is 0 Å². The highest BCUT2D eigenvalue weighted by Gasteiger charge is 2.13. The van der Waals surface area contributed by atoms with Crippen LogP contribution in [0.5, 0.6) is 0 Å². The van der Waals surface area contributed by atoms with Crippen LogP contribution in [0.3, 0.4) is 0 Å². The van der Waals surface area contributed by atoms with E-state index in [4.69, 9.17) is 0 Å². The molecular formula is C16H11FN4. The van der Waals surface area contributed by atoms with Crippen molar-refractivity contribution in [3.63, 3.8) is 0 Å². The maximum Gasteiger partial charge on any atom is 0.198 e. The van der Waals surface area contributed by atoms with Crippen molar-refractivity contribution >= 4 is 22.3 Å². The lowest BCUT2D eigenvalue weighted by Crippen LogP contribution is -1.98. The summed E-state index contributed by atoms with van der Waals surface area (Å²) in [6.45, 7) is 1.89. The third-order valence-corrected chi connectivity index (χ3v) is 3.42. The number of aryl methyl sites for hydroxylation is 1. The van der Waals surface area contributed by atoms with E-state index in [0.717, 1.165) is 22.5 Å². The molecule has 0 bridgehead atoms. The predicted octanol–water partition coefficient (Wildman–Crippen LogP) is 3.42. The Labute approximate surface area is 119 Å². The number of rotatable bonds is 1. The molecule has 0 aliphatic heterocycles. The van der Waals surface area contributed by atoms with Crippen LogP contribution >= 0.6 is 0 Å². The zero-order valence-corrected chi connectivity index (χ0v) is 11.3. The van der Waals surface area contributed by atoms with Crippen molar-refractivity contribution < 1.29 is 4.39 Å². The van der Waals surface area contributed by atoms with Crippen molar-refractivity contribution in [3.05, 3.63) is 60.2 Å². The third kappa shape index (κ3) is 1.86. The first-order valence-electron chi connectivity index (χ1n) is 6.60. The SMILES string of the molecule is Cc1nc2nc3ccccc3nc2n1-c1ccc(F)cc1. The van der Waals surface area contributed by atoms with Gasteiger partial charge in [-0.25, -0.2) is 19.3 Å². The Morgan fingerprint density at radius 1 is 0.857 bits per heavy atom. The molecule has 0 unspecified atom stereocenters. The van der Waals surface area contributed by atoms with Gasteiger partial charge < -0.3 is 0 Å². The molecule has 0 aliphatic carbocycles. The molecule has 0 radical (unpaired) electrons. The highest BCUT2D eigenvalue weighted by molar-refractivity contribution is 5.83. The van der Waals surface area contributed by atoms with Gasteiger partial charge in [0.25, 0.3) is 0 Å². The van der Waals surface area contributed by atoms with Gasteiger partial charge in [0.1, 0.15) is 11.6 Å². The lowest BCUT2D eigenvalue weighted by atomic mass is 10.3. The van der Waals surface area contributed by atoms with Crippen LogP contribution in [-0.4, -0.2) is 19.5 Å². The summed E-state index contributed by atoms with van der Waals surface area (Å²) in [5.74, 6) is 0.504. The lowest BCUT2D eigenvalue weighted by molar-refractivity contribution is 0.627. The van der Waals surface area contributed by atoms with E-state index in [9.17, 15) is 4.39 Å². The molecule has 0 saturated carbocycles. The van der Waals surface area contributed by atoms with Crippen molar-refractivity contribution in [2.24, 2.45) is 0 Å². The van der Waals surface area contributed by atoms with Crippen LogP contribution in [0.15, 0.2) is 48.5 Å². The average Bonchev–Trinajstić information content (AvgIpc) is 2.81. The second-order valence-corrected chi connectivity index (χ2v) is 4.83. The molecule has 0 fully saturated rings. The standard InChI is InChI=1S/C16H11FN4/c1-10-18-15-16(20-14-5-3-2-4-13(14)19-15)21(10)12-8-6-11(17)7-9-12/h2-9H,1H3. The number of halogens is 1. The Balaban J connectivity index is 2.06. The van der Waals surface area contributed by atoms with Gasteiger partial charge in [0.05, 0.1) is 11.0 Å². The highest BCUT2D eigenvalue weighted by atomic mass is 19.1. The van der Waals surface area contributed by atoms with Gasteiger partial charge in [-0.1, -0.05) is 12.1 Å². The van der Waals surface area contributed by atoms with Gasteiger partial charge in [0.2, 0.25) is 0 Å². The number of para-hydroxylation sites is 2. The summed E-state index contributed by atoms with van der Waals surface area (Å²) in [7, 11) is 0. The van der Waals surface area contributed by atoms with Gasteiger partial charge in [-0.15, -0.1) is 0 Å². The topological polar surface area (TPSA) is 43.6 Å². The average molecular weight is 278 g/mol. The fraction of sp³-hybridized carbons (Fsp3) is 0.0625. The number of aromatic nitrogens is 4. The summed E-state index contributed by atoms with van der Waals surface area (Å²) in [6.07, 6.45) is 0. The summed E-state index contributed by atoms with van der Waals surface area (Å²) in [5.41, 5.74) is 3.72. The Morgan fingerprint density at radius 3 is 2.24 bits per heavy atom. The quantitative estimate of drug-likeness (QED) is 0.536. The lowest BCUT2D eigenvalue weighted by Gasteiger charge is -2.06. The number of hydrogen-bond acceptors (Lipinski definition) is 3. The zero-order valence-electron chi connectivity index (χ0n) is 11.3. The van der Waals surface area contributed by atoms with Gasteiger partial charge in [-0.3, -0.25) is 4.57 Å². The number of fused-ring (bicyclic) bond motifs is 2. The predicted molar refractivity (Wildman–Crippen MR) is 78.9 cm³/mol. The van der Waals surface area contributed by atoms with Crippen LogP contribution in [0, 0.1) is 12.7 Å². The number of benzene rings is 2. The molecule has 4 aromatic rings. The normalized spacial score (nSPS) is 11.3. The highest BCUT2D eigenvalue weighted by Crippen LogP contribution is 2.21. The molecule has 4 rings (SSSR count). The molecule has 4 nitrogen and oxygen atoms in total. The van der Waals surface area contributed by atoms with E-state index in [-0.39, 0.29) is 5.82 Å². The van der Waals surface area contributed by atoms with Gasteiger partial charge in [0, 0.05) is 5.69 Å². The van der Waals surface area contributed by atoms with E-state index < -0.39 is 0 Å². The molecule has 2 heterocycles. The van der Waals surface area contributed by atoms with E-state index in [2.05, 4.69) is 15.0 Å². The maximum atomic E-state index is 13.1. The summed E-state index contributed by atoms with van der Waals surface area (Å²) >= 11 is 0. The van der Waals surface area contributed by atoms with E-state index in [1.165, 1.54) is 12.1 Å². The first kappa shape index (κ1) is 12.0. The molecular weight excluding hydrogens is 267 g/mol. The van der Waals surface area contributed by atoms with Crippen molar-refractivity contribution in [2.75, 3.05) is 0 Å². The van der Waals surface area contributed by atoms with Crippen molar-refractivity contribution in [2.45, 2.75) is 6.92 Å². The van der Waals surface area contributed by atoms with Crippen molar-refractivity contribution in [1.29, 1.82) is 0 Å². The second kappa shape index (κ2) is 4.34. The van der Waals surface area contributed by atoms with Crippen LogP contribution < -0.4 is 0 Å². The van der Waals surface area contributed by atoms with Crippen LogP contribution in [0.4, 0.5) is 4.39 Å². The Hall–Kier alpha value is -2.82. The molecule has 5 heteroatoms. The summed E-state index contributed by atoms with van der Waals surface area (Å²) < 4.78 is 15.0. The van der Waals surface area contributed by atoms with E-state index in [0.29, 0.717) is 11.3 Å². The Morgan fingerprint density at radius 2 is 1.52 bits per heavy atom. The Bertz CT molecular complexity index is 957. The van der Waals surface area contributed by atoms with Crippen molar-refractivity contribution in [3.8, 4) is 5.69 Å². The first-order chi connectivity index (χ1) is 10.2. The largest absolute Gasteiger partial charge is 0.280 e. The molecule has 21 heavy (non-hydrogen) atoms. The smallest absolute Gasteiger partial charge is 0.198 e. The fourth-order valence-corrected chi connectivity index (χ4v) is 2.46. The molecule has 0 aliphatic rings. The number of imidazole rings is 1. The van der Waals surface area contributed by atoms with Gasteiger partial charge in [-0.05, 0) is 43.3 Å². The zero-order chi connectivity index (χ0) is 14.4. The first-order valence-corrected chi connectivity index (χ1v) is 6.60. The molecule has 0 amide bonds. The summed E-state index contributed by atoms with van der Waals surface area (Å²) in [6, 6.07) is 13.9. The molecule has 0 atom stereocenters. The summed E-state index contributed by atoms with van der Waals surface area (Å²) in [5, 5.41) is 0. The second-order valence-electron chi connectivity index (χ2n) is 4.83. The van der Waals surface area contributed by atoms with Crippen LogP contribution in [0.1, 0.15) is 5.82 Å². The van der Waals surface area contributed by atoms with Gasteiger partial charge in [-0.2, -0.15) is 0 Å². The van der Waals surface area contributed by atoms with Crippen molar-refractivity contribution in [1.82, 2.24) is 19.5 Å². The van der Waals surface area contributed by atoms with E-state index in [1.54, 1.807) is 12.1 Å². The minimum Gasteiger partial charge on any atom is -0.280 e. The number of nitrogens with zero attached hydrogens (tertiary/aromatic N) is 4. The minimum absolute atomic E-state index is 0.266. The van der Waals surface area contributed by atoms with Crippen LogP contribution in [-0.2, 0) is 0 Å². The maximum absolute atomic E-state index is 13.1. The molecule has 2 aromatic carbocycles. The molecule has 0 N–H and O–H groups in total. The monoisotopic (exact) mass is 278 g/mol. The van der Waals surface area contributed by atoms with E-state index in [1.807, 2.05) is 35.8 Å². The van der Waals surface area contributed by atoms with Crippen LogP contribution in [0.2, 0.25) is 0 Å². The Kier molecular flexibility index (Phi) is 2.47. The van der Waals surface area contributed by atoms with Gasteiger partial charge >= 0.3 is 0 Å². The molecule has 102 valence electrons. The van der Waals surface area contributed by atoms with Gasteiger partial charge in [0.15, 0.2) is 11.3 Å².